The van der Waals surface area contributed by atoms with Gasteiger partial charge in [0, 0.05) is 0 Å². The fraction of sp³-hybridized carbons (Fsp3) is 0. The van der Waals surface area contributed by atoms with E-state index in [1.54, 1.807) is 0 Å². The molecular weight excluding hydrogens is 154 g/mol. The third-order valence-electron chi connectivity index (χ3n) is 1.44. The van der Waals surface area contributed by atoms with Crippen molar-refractivity contribution in [3.8, 4) is 0 Å². The highest BCUT2D eigenvalue weighted by Gasteiger charge is 1.84. The number of aromatic nitrogens is 3. The minimum atomic E-state index is 0.672. The predicted molar refractivity (Wildman–Crippen MR) is 41.6 cm³/mol. The standard InChI is InChI=1S/C8H7N3O/c1-2-4-6-8-7(5-3-1)9-10-11-12-8/h1-6H,(H,9,11). The van der Waals surface area contributed by atoms with Crippen LogP contribution in [-0.2, 0) is 0 Å². The molecule has 1 heterocycles. The Hall–Kier alpha value is -1.84. The van der Waals surface area contributed by atoms with Gasteiger partial charge in [-0.1, -0.05) is 24.3 Å². The summed E-state index contributed by atoms with van der Waals surface area (Å²) in [6.07, 6.45) is 0. The summed E-state index contributed by atoms with van der Waals surface area (Å²) in [5.41, 5.74) is 0.672. The summed E-state index contributed by atoms with van der Waals surface area (Å²) < 4.78 is 5.01. The van der Waals surface area contributed by atoms with E-state index in [2.05, 4.69) is 15.6 Å². The third kappa shape index (κ3) is 1.27. The zero-order valence-corrected chi connectivity index (χ0v) is 6.27. The Bertz CT molecular complexity index is 415. The quantitative estimate of drug-likeness (QED) is 0.632. The first kappa shape index (κ1) is 6.84. The Balaban J connectivity index is 2.95. The third-order valence-corrected chi connectivity index (χ3v) is 1.44. The average Bonchev–Trinajstić information content (AvgIpc) is 2.06. The van der Waals surface area contributed by atoms with Gasteiger partial charge in [-0.15, -0.1) is 10.4 Å². The molecule has 0 fully saturated rings. The first-order valence-electron chi connectivity index (χ1n) is 3.55. The van der Waals surface area contributed by atoms with Crippen molar-refractivity contribution in [2.75, 3.05) is 0 Å². The molecule has 0 radical (unpaired) electrons. The predicted octanol–water partition coefficient (Wildman–Crippen LogP) is 1.25. The number of rotatable bonds is 0. The molecule has 1 aliphatic carbocycles. The maximum absolute atomic E-state index is 5.01. The van der Waals surface area contributed by atoms with Crippen molar-refractivity contribution >= 4 is 0 Å². The van der Waals surface area contributed by atoms with Gasteiger partial charge in [-0.3, -0.25) is 0 Å². The molecule has 0 aromatic rings. The summed E-state index contributed by atoms with van der Waals surface area (Å²) in [6.45, 7) is 0. The highest BCUT2D eigenvalue weighted by atomic mass is 16.5. The number of hydrogen-bond acceptors (Lipinski definition) is 3. The fourth-order valence-corrected chi connectivity index (χ4v) is 0.898. The molecule has 0 saturated heterocycles. The normalized spacial score (nSPS) is 9.67. The summed E-state index contributed by atoms with van der Waals surface area (Å²) in [5, 5.41) is 10.4. The van der Waals surface area contributed by atoms with Crippen molar-refractivity contribution in [2.45, 2.75) is 0 Å². The number of H-pyrrole nitrogens is 1. The molecule has 60 valence electrons. The van der Waals surface area contributed by atoms with E-state index in [0.717, 1.165) is 0 Å². The lowest BCUT2D eigenvalue weighted by Gasteiger charge is -1.85. The molecular formula is C8H7N3O. The van der Waals surface area contributed by atoms with Gasteiger partial charge in [-0.2, -0.15) is 0 Å². The lowest BCUT2D eigenvalue weighted by atomic mass is 10.4. The van der Waals surface area contributed by atoms with Gasteiger partial charge >= 0.3 is 0 Å². The van der Waals surface area contributed by atoms with Gasteiger partial charge in [-0.25, -0.2) is 0 Å². The molecule has 1 N–H and O–H groups in total. The van der Waals surface area contributed by atoms with Crippen LogP contribution in [0.2, 0.25) is 0 Å². The second-order valence-electron chi connectivity index (χ2n) is 2.25. The van der Waals surface area contributed by atoms with Crippen LogP contribution in [0.25, 0.3) is 0 Å². The number of nitrogens with zero attached hydrogens (tertiary/aromatic N) is 2. The number of hydrogen-bond donors (Lipinski definition) is 1. The van der Waals surface area contributed by atoms with Crippen molar-refractivity contribution in [2.24, 2.45) is 0 Å². The van der Waals surface area contributed by atoms with Gasteiger partial charge in [0.05, 0.1) is 0 Å². The molecule has 0 amide bonds. The zero-order chi connectivity index (χ0) is 8.23. The summed E-state index contributed by atoms with van der Waals surface area (Å²) in [4.78, 5) is 0. The molecule has 0 atom stereocenters. The lowest BCUT2D eigenvalue weighted by molar-refractivity contribution is 0.320. The Labute approximate surface area is 68.2 Å². The van der Waals surface area contributed by atoms with E-state index in [1.165, 1.54) is 0 Å². The van der Waals surface area contributed by atoms with Crippen molar-refractivity contribution < 1.29 is 4.52 Å². The molecule has 0 aromatic carbocycles. The van der Waals surface area contributed by atoms with Crippen LogP contribution < -0.4 is 0 Å². The second kappa shape index (κ2) is 3.04. The molecule has 2 aliphatic rings. The molecule has 2 rings (SSSR count). The van der Waals surface area contributed by atoms with E-state index < -0.39 is 0 Å². The van der Waals surface area contributed by atoms with Crippen LogP contribution in [0.1, 0.15) is 0 Å². The van der Waals surface area contributed by atoms with Gasteiger partial charge in [0.15, 0.2) is 5.42 Å². The molecule has 0 bridgehead atoms. The van der Waals surface area contributed by atoms with Gasteiger partial charge in [-0.05, 0) is 17.3 Å². The maximum Gasteiger partial charge on any atom is 0.184 e. The van der Waals surface area contributed by atoms with Crippen molar-refractivity contribution in [3.05, 3.63) is 47.2 Å². The molecule has 1 aliphatic heterocycles. The van der Waals surface area contributed by atoms with Crippen LogP contribution in [0.3, 0.4) is 0 Å². The average molecular weight is 161 g/mol. The van der Waals surface area contributed by atoms with Crippen LogP contribution in [0.5, 0.6) is 0 Å². The van der Waals surface area contributed by atoms with Crippen molar-refractivity contribution in [1.82, 2.24) is 15.6 Å². The molecule has 0 aromatic heterocycles. The molecule has 0 unspecified atom stereocenters. The maximum atomic E-state index is 5.01. The molecule has 4 heteroatoms. The van der Waals surface area contributed by atoms with E-state index in [0.29, 0.717) is 10.8 Å². The largest absolute Gasteiger partial charge is 0.361 e. The fourth-order valence-electron chi connectivity index (χ4n) is 0.898. The second-order valence-corrected chi connectivity index (χ2v) is 2.25. The topological polar surface area (TPSA) is 54.7 Å². The molecule has 4 nitrogen and oxygen atoms in total. The van der Waals surface area contributed by atoms with E-state index in [1.807, 2.05) is 36.4 Å². The monoisotopic (exact) mass is 161 g/mol. The molecule has 12 heavy (non-hydrogen) atoms. The zero-order valence-electron chi connectivity index (χ0n) is 6.27. The number of aromatic amines is 1. The van der Waals surface area contributed by atoms with Crippen LogP contribution in [0, 0.1) is 10.8 Å². The van der Waals surface area contributed by atoms with Crippen molar-refractivity contribution in [1.29, 1.82) is 0 Å². The van der Waals surface area contributed by atoms with Crippen LogP contribution in [-0.4, -0.2) is 15.6 Å². The summed E-state index contributed by atoms with van der Waals surface area (Å²) in [7, 11) is 0. The summed E-state index contributed by atoms with van der Waals surface area (Å²) in [5.74, 6) is 0. The van der Waals surface area contributed by atoms with E-state index >= 15 is 0 Å². The van der Waals surface area contributed by atoms with Crippen molar-refractivity contribution in [3.63, 3.8) is 0 Å². The van der Waals surface area contributed by atoms with Gasteiger partial charge in [0.2, 0.25) is 0 Å². The van der Waals surface area contributed by atoms with Gasteiger partial charge in [0.1, 0.15) is 5.35 Å². The Morgan fingerprint density at radius 1 is 1.08 bits per heavy atom. The lowest BCUT2D eigenvalue weighted by Crippen LogP contribution is -1.87. The van der Waals surface area contributed by atoms with Gasteiger partial charge in [0.25, 0.3) is 0 Å². The molecule has 0 saturated carbocycles. The smallest absolute Gasteiger partial charge is 0.184 e. The Morgan fingerprint density at radius 3 is 2.83 bits per heavy atom. The highest BCUT2D eigenvalue weighted by Crippen LogP contribution is 1.89. The Kier molecular flexibility index (Phi) is 1.74. The van der Waals surface area contributed by atoms with E-state index in [9.17, 15) is 0 Å². The number of nitrogens with one attached hydrogen (secondary N) is 1. The SMILES string of the molecule is c1cccc2o[nH]nnc=2cc1. The molecule has 0 spiro atoms. The summed E-state index contributed by atoms with van der Waals surface area (Å²) in [6, 6.07) is 11.2. The first-order valence-corrected chi connectivity index (χ1v) is 3.55. The van der Waals surface area contributed by atoms with Gasteiger partial charge < -0.3 is 4.52 Å². The van der Waals surface area contributed by atoms with Crippen LogP contribution in [0.15, 0.2) is 40.9 Å². The summed E-state index contributed by atoms with van der Waals surface area (Å²) >= 11 is 0. The minimum Gasteiger partial charge on any atom is -0.361 e. The van der Waals surface area contributed by atoms with Crippen LogP contribution in [0.4, 0.5) is 0 Å². The van der Waals surface area contributed by atoms with Crippen LogP contribution >= 0.6 is 0 Å². The van der Waals surface area contributed by atoms with E-state index in [-0.39, 0.29) is 0 Å². The minimum absolute atomic E-state index is 0.672. The Morgan fingerprint density at radius 2 is 1.92 bits per heavy atom. The van der Waals surface area contributed by atoms with E-state index in [4.69, 9.17) is 4.52 Å². The first-order chi connectivity index (χ1) is 5.97. The highest BCUT2D eigenvalue weighted by molar-refractivity contribution is 4.99.